The molecule has 2 aliphatic rings. The average molecular weight is 239 g/mol. The van der Waals surface area contributed by atoms with Crippen molar-refractivity contribution in [1.82, 2.24) is 15.5 Å². The first kappa shape index (κ1) is 12.4. The van der Waals surface area contributed by atoms with E-state index in [4.69, 9.17) is 0 Å². The van der Waals surface area contributed by atoms with E-state index in [-0.39, 0.29) is 23.9 Å². The number of likely N-dealkylation sites (tertiary alicyclic amines) is 1. The molecule has 2 heterocycles. The summed E-state index contributed by atoms with van der Waals surface area (Å²) in [5.74, 6) is 0.234. The molecular formula is C12H21N3O2. The molecule has 2 atom stereocenters. The molecule has 5 nitrogen and oxygen atoms in total. The molecule has 2 saturated heterocycles. The molecule has 5 heteroatoms. The van der Waals surface area contributed by atoms with E-state index >= 15 is 0 Å². The Morgan fingerprint density at radius 2 is 2.29 bits per heavy atom. The van der Waals surface area contributed by atoms with Crippen LogP contribution >= 0.6 is 0 Å². The molecule has 0 aromatic rings. The maximum atomic E-state index is 12.2. The molecule has 2 unspecified atom stereocenters. The van der Waals surface area contributed by atoms with Gasteiger partial charge in [-0.25, -0.2) is 0 Å². The largest absolute Gasteiger partial charge is 0.354 e. The Morgan fingerprint density at radius 1 is 1.47 bits per heavy atom. The van der Waals surface area contributed by atoms with E-state index < -0.39 is 0 Å². The fraction of sp³-hybridized carbons (Fsp3) is 0.833. The Kier molecular flexibility index (Phi) is 3.99. The smallest absolute Gasteiger partial charge is 0.240 e. The molecular weight excluding hydrogens is 218 g/mol. The van der Waals surface area contributed by atoms with Crippen molar-refractivity contribution < 1.29 is 9.59 Å². The van der Waals surface area contributed by atoms with Crippen LogP contribution in [-0.4, -0.2) is 48.4 Å². The zero-order chi connectivity index (χ0) is 12.3. The van der Waals surface area contributed by atoms with Crippen LogP contribution in [0.4, 0.5) is 0 Å². The number of amides is 2. The summed E-state index contributed by atoms with van der Waals surface area (Å²) in [6, 6.07) is 0.0284. The molecule has 2 rings (SSSR count). The number of hydrogen-bond donors (Lipinski definition) is 2. The van der Waals surface area contributed by atoms with Crippen LogP contribution in [0.5, 0.6) is 0 Å². The van der Waals surface area contributed by atoms with Gasteiger partial charge in [0, 0.05) is 19.5 Å². The number of nitrogens with one attached hydrogen (secondary N) is 2. The van der Waals surface area contributed by atoms with Crippen molar-refractivity contribution in [2.45, 2.75) is 44.7 Å². The lowest BCUT2D eigenvalue weighted by Crippen LogP contribution is -2.54. The summed E-state index contributed by atoms with van der Waals surface area (Å²) in [4.78, 5) is 25.3. The fourth-order valence-electron chi connectivity index (χ4n) is 2.58. The van der Waals surface area contributed by atoms with Crippen LogP contribution < -0.4 is 10.6 Å². The number of carbonyl (C=O) groups excluding carboxylic acids is 2. The Hall–Kier alpha value is -1.10. The van der Waals surface area contributed by atoms with E-state index in [9.17, 15) is 9.59 Å². The van der Waals surface area contributed by atoms with Gasteiger partial charge in [-0.3, -0.25) is 9.59 Å². The number of piperidine rings is 1. The molecule has 0 aliphatic carbocycles. The summed E-state index contributed by atoms with van der Waals surface area (Å²) < 4.78 is 0. The second-order valence-electron chi connectivity index (χ2n) is 4.84. The summed E-state index contributed by atoms with van der Waals surface area (Å²) in [6.45, 7) is 4.39. The van der Waals surface area contributed by atoms with Crippen molar-refractivity contribution in [3.8, 4) is 0 Å². The van der Waals surface area contributed by atoms with Gasteiger partial charge in [0.25, 0.3) is 0 Å². The van der Waals surface area contributed by atoms with Crippen LogP contribution in [0.15, 0.2) is 0 Å². The quantitative estimate of drug-likeness (QED) is 0.718. The molecule has 2 aliphatic heterocycles. The Balaban J connectivity index is 1.93. The van der Waals surface area contributed by atoms with Crippen LogP contribution in [0, 0.1) is 0 Å². The molecule has 2 amide bonds. The fourth-order valence-corrected chi connectivity index (χ4v) is 2.58. The highest BCUT2D eigenvalue weighted by Gasteiger charge is 2.35. The molecule has 0 spiro atoms. The standard InChI is InChI=1S/C12H21N3O2/c1-2-5-13-10-4-3-6-15(12(10)17)9-7-11(16)14-8-9/h9-10,13H,2-8H2,1H3,(H,14,16). The number of nitrogens with zero attached hydrogens (tertiary/aromatic N) is 1. The van der Waals surface area contributed by atoms with Gasteiger partial charge in [-0.15, -0.1) is 0 Å². The molecule has 2 fully saturated rings. The normalized spacial score (nSPS) is 29.6. The van der Waals surface area contributed by atoms with Gasteiger partial charge >= 0.3 is 0 Å². The SMILES string of the molecule is CCCNC1CCCN(C2CNC(=O)C2)C1=O. The van der Waals surface area contributed by atoms with Crippen molar-refractivity contribution in [3.63, 3.8) is 0 Å². The average Bonchev–Trinajstić information content (AvgIpc) is 2.74. The van der Waals surface area contributed by atoms with Gasteiger partial charge in [-0.1, -0.05) is 6.92 Å². The number of hydrogen-bond acceptors (Lipinski definition) is 3. The molecule has 96 valence electrons. The van der Waals surface area contributed by atoms with E-state index in [0.717, 1.165) is 32.4 Å². The van der Waals surface area contributed by atoms with Gasteiger partial charge in [0.05, 0.1) is 12.1 Å². The number of carbonyl (C=O) groups is 2. The summed E-state index contributed by atoms with van der Waals surface area (Å²) in [6.07, 6.45) is 3.45. The van der Waals surface area contributed by atoms with Crippen LogP contribution in [-0.2, 0) is 9.59 Å². The third-order valence-corrected chi connectivity index (χ3v) is 3.51. The minimum Gasteiger partial charge on any atom is -0.354 e. The predicted molar refractivity (Wildman–Crippen MR) is 64.4 cm³/mol. The first-order chi connectivity index (χ1) is 8.22. The molecule has 0 aromatic heterocycles. The second kappa shape index (κ2) is 5.49. The molecule has 0 bridgehead atoms. The predicted octanol–water partition coefficient (Wildman–Crippen LogP) is -0.134. The highest BCUT2D eigenvalue weighted by Crippen LogP contribution is 2.18. The first-order valence-corrected chi connectivity index (χ1v) is 6.53. The van der Waals surface area contributed by atoms with Crippen molar-refractivity contribution >= 4 is 11.8 Å². The van der Waals surface area contributed by atoms with Crippen molar-refractivity contribution in [2.24, 2.45) is 0 Å². The van der Waals surface area contributed by atoms with Crippen molar-refractivity contribution in [1.29, 1.82) is 0 Å². The van der Waals surface area contributed by atoms with Gasteiger partial charge in [0.1, 0.15) is 0 Å². The Labute approximate surface area is 102 Å². The van der Waals surface area contributed by atoms with E-state index in [1.54, 1.807) is 0 Å². The van der Waals surface area contributed by atoms with Gasteiger partial charge in [0.2, 0.25) is 11.8 Å². The lowest BCUT2D eigenvalue weighted by Gasteiger charge is -2.36. The third kappa shape index (κ3) is 2.77. The molecule has 0 saturated carbocycles. The van der Waals surface area contributed by atoms with Crippen LogP contribution in [0.3, 0.4) is 0 Å². The third-order valence-electron chi connectivity index (χ3n) is 3.51. The maximum Gasteiger partial charge on any atom is 0.240 e. The summed E-state index contributed by atoms with van der Waals surface area (Å²) in [7, 11) is 0. The zero-order valence-corrected chi connectivity index (χ0v) is 10.4. The Bertz CT molecular complexity index is 306. The highest BCUT2D eigenvalue weighted by atomic mass is 16.2. The van der Waals surface area contributed by atoms with E-state index in [0.29, 0.717) is 13.0 Å². The van der Waals surface area contributed by atoms with Crippen LogP contribution in [0.25, 0.3) is 0 Å². The summed E-state index contributed by atoms with van der Waals surface area (Å²) in [5.41, 5.74) is 0. The monoisotopic (exact) mass is 239 g/mol. The van der Waals surface area contributed by atoms with Gasteiger partial charge in [-0.05, 0) is 25.8 Å². The molecule has 0 aromatic carbocycles. The summed E-state index contributed by atoms with van der Waals surface area (Å²) in [5, 5.41) is 6.08. The van der Waals surface area contributed by atoms with E-state index in [2.05, 4.69) is 17.6 Å². The van der Waals surface area contributed by atoms with Gasteiger partial charge < -0.3 is 15.5 Å². The molecule has 2 N–H and O–H groups in total. The Morgan fingerprint density at radius 3 is 2.94 bits per heavy atom. The van der Waals surface area contributed by atoms with Gasteiger partial charge in [0.15, 0.2) is 0 Å². The minimum absolute atomic E-state index is 0.0422. The second-order valence-corrected chi connectivity index (χ2v) is 4.84. The molecule has 17 heavy (non-hydrogen) atoms. The highest BCUT2D eigenvalue weighted by molar-refractivity contribution is 5.85. The van der Waals surface area contributed by atoms with Crippen LogP contribution in [0.2, 0.25) is 0 Å². The van der Waals surface area contributed by atoms with E-state index in [1.165, 1.54) is 0 Å². The van der Waals surface area contributed by atoms with Gasteiger partial charge in [-0.2, -0.15) is 0 Å². The van der Waals surface area contributed by atoms with Crippen molar-refractivity contribution in [3.05, 3.63) is 0 Å². The lowest BCUT2D eigenvalue weighted by atomic mass is 10.0. The van der Waals surface area contributed by atoms with E-state index in [1.807, 2.05) is 4.90 Å². The first-order valence-electron chi connectivity index (χ1n) is 6.53. The summed E-state index contributed by atoms with van der Waals surface area (Å²) >= 11 is 0. The zero-order valence-electron chi connectivity index (χ0n) is 10.4. The maximum absolute atomic E-state index is 12.2. The minimum atomic E-state index is -0.0422. The van der Waals surface area contributed by atoms with Crippen LogP contribution in [0.1, 0.15) is 32.6 Å². The molecule has 0 radical (unpaired) electrons. The van der Waals surface area contributed by atoms with Crippen molar-refractivity contribution in [2.75, 3.05) is 19.6 Å². The lowest BCUT2D eigenvalue weighted by molar-refractivity contribution is -0.138. The topological polar surface area (TPSA) is 61.4 Å². The number of rotatable bonds is 4.